The van der Waals surface area contributed by atoms with E-state index in [1.165, 1.54) is 24.6 Å². The molecule has 0 aliphatic heterocycles. The Morgan fingerprint density at radius 3 is 2.61 bits per heavy atom. The molecule has 0 unspecified atom stereocenters. The first kappa shape index (κ1) is 18.7. The molecule has 2 aromatic carbocycles. The third kappa shape index (κ3) is 4.12. The summed E-state index contributed by atoms with van der Waals surface area (Å²) in [5, 5.41) is 4.08. The Morgan fingerprint density at radius 1 is 1.18 bits per heavy atom. The quantitative estimate of drug-likeness (QED) is 0.513. The first-order valence-corrected chi connectivity index (χ1v) is 10.5. The second kappa shape index (κ2) is 7.80. The number of para-hydroxylation sites is 1. The van der Waals surface area contributed by atoms with Gasteiger partial charge in [-0.05, 0) is 68.0 Å². The molecule has 0 saturated heterocycles. The minimum atomic E-state index is -0.114. The van der Waals surface area contributed by atoms with E-state index in [1.807, 2.05) is 44.2 Å². The van der Waals surface area contributed by atoms with Crippen LogP contribution in [0.1, 0.15) is 24.0 Å². The topological polar surface area (TPSA) is 64.0 Å². The Kier molecular flexibility index (Phi) is 5.22. The van der Waals surface area contributed by atoms with Crippen molar-refractivity contribution < 1.29 is 4.79 Å². The lowest BCUT2D eigenvalue weighted by molar-refractivity contribution is -0.118. The maximum Gasteiger partial charge on any atom is 0.266 e. The van der Waals surface area contributed by atoms with Gasteiger partial charge in [0.2, 0.25) is 5.91 Å². The highest BCUT2D eigenvalue weighted by Gasteiger charge is 2.22. The molecule has 0 atom stereocenters. The highest BCUT2D eigenvalue weighted by Crippen LogP contribution is 2.27. The summed E-state index contributed by atoms with van der Waals surface area (Å²) in [5.41, 5.74) is 3.47. The van der Waals surface area contributed by atoms with Crippen molar-refractivity contribution in [1.29, 1.82) is 0 Å². The molecule has 6 heteroatoms. The Morgan fingerprint density at radius 2 is 1.89 bits per heavy atom. The van der Waals surface area contributed by atoms with Gasteiger partial charge in [0.1, 0.15) is 0 Å². The molecular formula is C22H23N3O2S. The van der Waals surface area contributed by atoms with Gasteiger partial charge in [0.15, 0.2) is 5.16 Å². The number of rotatable bonds is 6. The highest BCUT2D eigenvalue weighted by molar-refractivity contribution is 7.99. The summed E-state index contributed by atoms with van der Waals surface area (Å²) in [7, 11) is 0. The molecule has 5 nitrogen and oxygen atoms in total. The maximum absolute atomic E-state index is 13.2. The zero-order valence-electron chi connectivity index (χ0n) is 16.1. The van der Waals surface area contributed by atoms with Crippen LogP contribution in [0.2, 0.25) is 0 Å². The summed E-state index contributed by atoms with van der Waals surface area (Å²) in [5.74, 6) is 0.856. The lowest BCUT2D eigenvalue weighted by Gasteiger charge is -2.14. The molecule has 144 valence electrons. The second-order valence-corrected chi connectivity index (χ2v) is 8.38. The number of carbonyl (C=O) groups excluding carboxylic acids is 1. The number of hydrogen-bond acceptors (Lipinski definition) is 4. The first-order chi connectivity index (χ1) is 13.5. The van der Waals surface area contributed by atoms with Crippen molar-refractivity contribution in [2.45, 2.75) is 31.8 Å². The minimum Gasteiger partial charge on any atom is -0.355 e. The van der Waals surface area contributed by atoms with E-state index in [1.54, 1.807) is 10.6 Å². The number of thioether (sulfide) groups is 1. The van der Waals surface area contributed by atoms with Crippen LogP contribution in [0.4, 0.5) is 0 Å². The Balaban J connectivity index is 1.72. The van der Waals surface area contributed by atoms with E-state index in [0.717, 1.165) is 23.4 Å². The van der Waals surface area contributed by atoms with Gasteiger partial charge in [-0.2, -0.15) is 0 Å². The van der Waals surface area contributed by atoms with Crippen molar-refractivity contribution in [2.75, 3.05) is 12.3 Å². The molecule has 1 heterocycles. The van der Waals surface area contributed by atoms with Gasteiger partial charge in [0, 0.05) is 6.54 Å². The van der Waals surface area contributed by atoms with Gasteiger partial charge in [0.25, 0.3) is 5.56 Å². The van der Waals surface area contributed by atoms with Crippen molar-refractivity contribution in [3.05, 3.63) is 63.9 Å². The summed E-state index contributed by atoms with van der Waals surface area (Å²) in [6.45, 7) is 4.76. The summed E-state index contributed by atoms with van der Waals surface area (Å²) >= 11 is 1.30. The fourth-order valence-electron chi connectivity index (χ4n) is 3.28. The van der Waals surface area contributed by atoms with Gasteiger partial charge in [-0.1, -0.05) is 30.0 Å². The van der Waals surface area contributed by atoms with Crippen LogP contribution in [-0.2, 0) is 4.79 Å². The number of nitrogens with one attached hydrogen (secondary N) is 1. The van der Waals surface area contributed by atoms with Crippen molar-refractivity contribution in [3.63, 3.8) is 0 Å². The molecule has 1 N–H and O–H groups in total. The van der Waals surface area contributed by atoms with Gasteiger partial charge in [0.05, 0.1) is 22.3 Å². The van der Waals surface area contributed by atoms with Crippen molar-refractivity contribution in [3.8, 4) is 5.69 Å². The Bertz CT molecular complexity index is 1080. The van der Waals surface area contributed by atoms with Crippen LogP contribution >= 0.6 is 11.8 Å². The number of benzene rings is 2. The van der Waals surface area contributed by atoms with Gasteiger partial charge in [-0.15, -0.1) is 0 Å². The summed E-state index contributed by atoms with van der Waals surface area (Å²) in [4.78, 5) is 30.2. The molecule has 1 saturated carbocycles. The summed E-state index contributed by atoms with van der Waals surface area (Å²) in [6.07, 6.45) is 2.40. The molecule has 1 amide bonds. The highest BCUT2D eigenvalue weighted by atomic mass is 32.2. The Labute approximate surface area is 168 Å². The van der Waals surface area contributed by atoms with Crippen LogP contribution in [0.15, 0.2) is 52.4 Å². The average Bonchev–Trinajstić information content (AvgIpc) is 3.48. The lowest BCUT2D eigenvalue weighted by Crippen LogP contribution is -2.28. The van der Waals surface area contributed by atoms with E-state index in [9.17, 15) is 9.59 Å². The summed E-state index contributed by atoms with van der Waals surface area (Å²) in [6, 6.07) is 13.4. The fourth-order valence-corrected chi connectivity index (χ4v) is 4.12. The molecule has 1 aliphatic rings. The second-order valence-electron chi connectivity index (χ2n) is 7.43. The Hall–Kier alpha value is -2.60. The lowest BCUT2D eigenvalue weighted by atomic mass is 10.1. The van der Waals surface area contributed by atoms with E-state index < -0.39 is 0 Å². The van der Waals surface area contributed by atoms with Crippen LogP contribution in [-0.4, -0.2) is 27.8 Å². The normalized spacial score (nSPS) is 13.6. The molecule has 0 bridgehead atoms. The predicted octanol–water partition coefficient (Wildman–Crippen LogP) is 3.62. The average molecular weight is 394 g/mol. The van der Waals surface area contributed by atoms with Crippen LogP contribution in [0.25, 0.3) is 16.6 Å². The number of nitrogens with zero attached hydrogens (tertiary/aromatic N) is 2. The van der Waals surface area contributed by atoms with Crippen molar-refractivity contribution >= 4 is 28.6 Å². The number of carbonyl (C=O) groups is 1. The molecule has 0 spiro atoms. The number of amides is 1. The number of hydrogen-bond donors (Lipinski definition) is 1. The van der Waals surface area contributed by atoms with Crippen molar-refractivity contribution in [1.82, 2.24) is 14.9 Å². The molecule has 1 aliphatic carbocycles. The smallest absolute Gasteiger partial charge is 0.266 e. The zero-order chi connectivity index (χ0) is 19.7. The van der Waals surface area contributed by atoms with Gasteiger partial charge in [-0.3, -0.25) is 14.2 Å². The maximum atomic E-state index is 13.2. The number of fused-ring (bicyclic) bond motifs is 1. The SMILES string of the molecule is Cc1cc(C)cc(-n2c(SCC(=O)NCC3CC3)nc3ccccc3c2=O)c1. The predicted molar refractivity (Wildman–Crippen MR) is 113 cm³/mol. The van der Waals surface area contributed by atoms with Crippen molar-refractivity contribution in [2.24, 2.45) is 5.92 Å². The zero-order valence-corrected chi connectivity index (χ0v) is 16.9. The largest absolute Gasteiger partial charge is 0.355 e. The third-order valence-electron chi connectivity index (χ3n) is 4.83. The number of aryl methyl sites for hydroxylation is 2. The molecule has 4 rings (SSSR count). The minimum absolute atomic E-state index is 0.0220. The first-order valence-electron chi connectivity index (χ1n) is 9.51. The molecule has 1 aromatic heterocycles. The fraction of sp³-hybridized carbons (Fsp3) is 0.318. The van der Waals surface area contributed by atoms with Crippen LogP contribution in [0.5, 0.6) is 0 Å². The van der Waals surface area contributed by atoms with Gasteiger partial charge >= 0.3 is 0 Å². The molecule has 1 fully saturated rings. The van der Waals surface area contributed by atoms with E-state index in [0.29, 0.717) is 22.0 Å². The van der Waals surface area contributed by atoms with Gasteiger partial charge < -0.3 is 5.32 Å². The van der Waals surface area contributed by atoms with E-state index in [-0.39, 0.29) is 17.2 Å². The molecule has 0 radical (unpaired) electrons. The monoisotopic (exact) mass is 393 g/mol. The standard InChI is InChI=1S/C22H23N3O2S/c1-14-9-15(2)11-17(10-14)25-21(27)18-5-3-4-6-19(18)24-22(25)28-13-20(26)23-12-16-7-8-16/h3-6,9-11,16H,7-8,12-13H2,1-2H3,(H,23,26). The van der Waals surface area contributed by atoms with Crippen LogP contribution < -0.4 is 10.9 Å². The van der Waals surface area contributed by atoms with E-state index >= 15 is 0 Å². The van der Waals surface area contributed by atoms with E-state index in [4.69, 9.17) is 4.98 Å². The molecular weight excluding hydrogens is 370 g/mol. The third-order valence-corrected chi connectivity index (χ3v) is 5.77. The molecule has 3 aromatic rings. The molecule has 28 heavy (non-hydrogen) atoms. The summed E-state index contributed by atoms with van der Waals surface area (Å²) < 4.78 is 1.63. The number of aromatic nitrogens is 2. The van der Waals surface area contributed by atoms with Crippen LogP contribution in [0, 0.1) is 19.8 Å². The van der Waals surface area contributed by atoms with E-state index in [2.05, 4.69) is 11.4 Å². The van der Waals surface area contributed by atoms with Gasteiger partial charge in [-0.25, -0.2) is 4.98 Å². The van der Waals surface area contributed by atoms with Crippen LogP contribution in [0.3, 0.4) is 0 Å².